The SMILES string of the molecule is Cc1ccccc1.ClCCl.O=S(=O)([O-])CS(=O)(=O)[O-].[Ag+].[Ag+].c1ccc([PH+](c2ccccc2)c2ccccc2)cc1.c1ccc([PH+](c2ccccc2)c2ccccc2)cc1.c1ccc([PH+](c2ccccc2)c2ccccc2)cc1.c1ccc([PH+](c2ccccc2)c2ccccc2)cc1. The van der Waals surface area contributed by atoms with E-state index in [1.807, 2.05) is 18.2 Å². The molecule has 0 saturated heterocycles. The van der Waals surface area contributed by atoms with Gasteiger partial charge in [-0.1, -0.05) is 254 Å². The molecule has 0 N–H and O–H groups in total. The van der Waals surface area contributed by atoms with E-state index < -0.39 is 57.0 Å². The van der Waals surface area contributed by atoms with Crippen LogP contribution in [-0.2, 0) is 65.0 Å². The molecule has 0 bridgehead atoms. The Bertz CT molecular complexity index is 3490. The summed E-state index contributed by atoms with van der Waals surface area (Å²) in [6.07, 6.45) is 0. The van der Waals surface area contributed by atoms with Gasteiger partial charge in [0.15, 0.2) is 0 Å². The maximum absolute atomic E-state index is 9.51. The molecule has 0 atom stereocenters. The Morgan fingerprint density at radius 1 is 0.227 bits per heavy atom. The third kappa shape index (κ3) is 29.8. The van der Waals surface area contributed by atoms with E-state index >= 15 is 0 Å². The van der Waals surface area contributed by atoms with Crippen molar-refractivity contribution in [3.8, 4) is 0 Å². The maximum atomic E-state index is 9.51. The second-order valence-electron chi connectivity index (χ2n) is 20.9. The number of hydrogen-bond donors (Lipinski definition) is 0. The molecule has 6 nitrogen and oxygen atoms in total. The first-order chi connectivity index (χ1) is 46.3. The van der Waals surface area contributed by atoms with Gasteiger partial charge in [0.2, 0.25) is 0 Å². The van der Waals surface area contributed by atoms with Crippen LogP contribution in [0.2, 0.25) is 0 Å². The van der Waals surface area contributed by atoms with E-state index in [2.05, 4.69) is 383 Å². The fourth-order valence-corrected chi connectivity index (χ4v) is 21.7. The summed E-state index contributed by atoms with van der Waals surface area (Å²) in [5.74, 6) is 0. The molecule has 500 valence electrons. The third-order valence-electron chi connectivity index (χ3n) is 14.0. The van der Waals surface area contributed by atoms with Crippen molar-refractivity contribution in [1.82, 2.24) is 0 Å². The van der Waals surface area contributed by atoms with Gasteiger partial charge in [0.1, 0.15) is 89.0 Å². The van der Waals surface area contributed by atoms with Gasteiger partial charge in [-0.15, -0.1) is 23.2 Å². The standard InChI is InChI=1S/4C18H15P.C7H8.CH2Cl2.CH4O6S2.2Ag/c4*1-4-10-16(11-5-1)19(17-12-6-2-7-13-17)18-14-8-3-9-15-18;1-7-5-3-2-4-6-7;2-1-3;2-8(3,4)1-9(5,6)7;;/h4*1-15H;2-6H,1H3;1H2;1H2,(H,2,3,4)(H,5,6,7);;/q;;;;;;;2*+1/p+2. The summed E-state index contributed by atoms with van der Waals surface area (Å²) in [6.45, 7) is 2.08. The quantitative estimate of drug-likeness (QED) is 0.0464. The molecule has 0 unspecified atom stereocenters. The summed E-state index contributed by atoms with van der Waals surface area (Å²) in [6, 6.07) is 140. The van der Waals surface area contributed by atoms with Crippen molar-refractivity contribution < 1.29 is 70.7 Å². The molecule has 0 aromatic heterocycles. The predicted octanol–water partition coefficient (Wildman–Crippen LogP) is 14.2. The van der Waals surface area contributed by atoms with Gasteiger partial charge in [0, 0.05) is 0 Å². The van der Waals surface area contributed by atoms with E-state index in [1.54, 1.807) is 0 Å². The molecule has 13 rings (SSSR count). The molecule has 0 radical (unpaired) electrons. The largest absolute Gasteiger partial charge is 1.00 e. The van der Waals surface area contributed by atoms with Crippen molar-refractivity contribution >= 4 is 139 Å². The number of benzene rings is 13. The number of hydrogen-bond acceptors (Lipinski definition) is 6. The monoisotopic (exact) mass is 1620 g/mol. The number of rotatable bonds is 14. The van der Waals surface area contributed by atoms with Crippen molar-refractivity contribution in [2.24, 2.45) is 0 Å². The Morgan fingerprint density at radius 2 is 0.320 bits per heavy atom. The molecule has 0 aliphatic carbocycles. The minimum absolute atomic E-state index is 0. The molecular formula is C81H76Ag2Cl2O6P4S2+4. The molecule has 16 heteroatoms. The second-order valence-corrected chi connectivity index (χ2v) is 34.8. The topological polar surface area (TPSA) is 114 Å². The van der Waals surface area contributed by atoms with E-state index in [1.165, 1.54) is 69.2 Å². The van der Waals surface area contributed by atoms with E-state index in [0.717, 1.165) is 0 Å². The van der Waals surface area contributed by atoms with Crippen LogP contribution < -0.4 is 63.7 Å². The van der Waals surface area contributed by atoms with Gasteiger partial charge >= 0.3 is 44.8 Å². The van der Waals surface area contributed by atoms with Crippen molar-refractivity contribution in [2.45, 2.75) is 6.92 Å². The summed E-state index contributed by atoms with van der Waals surface area (Å²) in [4.78, 5) is 0. The smallest absolute Gasteiger partial charge is 0.747 e. The van der Waals surface area contributed by atoms with Crippen LogP contribution in [0.25, 0.3) is 0 Å². The first-order valence-electron chi connectivity index (χ1n) is 30.5. The van der Waals surface area contributed by atoms with Gasteiger partial charge in [-0.2, -0.15) is 0 Å². The molecule has 0 aliphatic rings. The predicted molar refractivity (Wildman–Crippen MR) is 418 cm³/mol. The van der Waals surface area contributed by atoms with E-state index in [0.29, 0.717) is 0 Å². The minimum Gasteiger partial charge on any atom is -0.747 e. The van der Waals surface area contributed by atoms with Crippen LogP contribution in [0.1, 0.15) is 5.56 Å². The molecule has 0 amide bonds. The zero-order valence-corrected chi connectivity index (χ0v) is 63.2. The van der Waals surface area contributed by atoms with Gasteiger partial charge in [0.25, 0.3) is 0 Å². The average molecular weight is 1620 g/mol. The first kappa shape index (κ1) is 81.1. The minimum atomic E-state index is -4.93. The average Bonchev–Trinajstić information content (AvgIpc) is 0.872. The number of halogens is 2. The van der Waals surface area contributed by atoms with Crippen molar-refractivity contribution in [2.75, 3.05) is 10.4 Å². The number of aryl methyl sites for hydroxylation is 1. The van der Waals surface area contributed by atoms with Crippen LogP contribution in [0.5, 0.6) is 0 Å². The van der Waals surface area contributed by atoms with Crippen LogP contribution in [0.3, 0.4) is 0 Å². The molecule has 0 spiro atoms. The van der Waals surface area contributed by atoms with E-state index in [-0.39, 0.29) is 50.1 Å². The number of alkyl halides is 2. The summed E-state index contributed by atoms with van der Waals surface area (Å²) in [5.41, 5.74) is 1.32. The maximum Gasteiger partial charge on any atom is 1.00 e. The van der Waals surface area contributed by atoms with Crippen LogP contribution in [-0.4, -0.2) is 36.4 Å². The Labute approximate surface area is 620 Å². The van der Waals surface area contributed by atoms with Gasteiger partial charge in [-0.3, -0.25) is 0 Å². The van der Waals surface area contributed by atoms with Gasteiger partial charge in [0.05, 0.1) is 37.0 Å². The Balaban J connectivity index is 0.000000213. The molecule has 0 heterocycles. The fourth-order valence-electron chi connectivity index (χ4n) is 9.97. The summed E-state index contributed by atoms with van der Waals surface area (Å²) in [5, 5.41) is 15.5. The zero-order valence-electron chi connectivity index (χ0n) is 53.1. The van der Waals surface area contributed by atoms with Crippen molar-refractivity contribution in [3.63, 3.8) is 0 Å². The van der Waals surface area contributed by atoms with E-state index in [4.69, 9.17) is 23.2 Å². The Morgan fingerprint density at radius 3 is 0.381 bits per heavy atom. The molecule has 97 heavy (non-hydrogen) atoms. The summed E-state index contributed by atoms with van der Waals surface area (Å²) < 4.78 is 57.1. The molecule has 13 aromatic carbocycles. The molecule has 0 aliphatic heterocycles. The normalized spacial score (nSPS) is 10.4. The fraction of sp³-hybridized carbons (Fsp3) is 0.0370. The molecule has 0 fully saturated rings. The van der Waals surface area contributed by atoms with Gasteiger partial charge in [-0.05, 0) is 153 Å². The molecule has 0 saturated carbocycles. The van der Waals surface area contributed by atoms with Crippen LogP contribution >= 0.6 is 54.9 Å². The molecule has 13 aromatic rings. The van der Waals surface area contributed by atoms with Crippen molar-refractivity contribution in [1.29, 1.82) is 0 Å². The van der Waals surface area contributed by atoms with Crippen LogP contribution in [0, 0.1) is 6.92 Å². The summed E-state index contributed by atoms with van der Waals surface area (Å²) >= 11 is 9.53. The Hall–Kier alpha value is -6.54. The van der Waals surface area contributed by atoms with Crippen molar-refractivity contribution in [3.05, 3.63) is 400 Å². The van der Waals surface area contributed by atoms with Gasteiger partial charge in [-0.25, -0.2) is 16.8 Å². The van der Waals surface area contributed by atoms with Crippen LogP contribution in [0.4, 0.5) is 0 Å². The Kier molecular flexibility index (Phi) is 38.4. The summed E-state index contributed by atoms with van der Waals surface area (Å²) in [7, 11) is -13.4. The zero-order chi connectivity index (χ0) is 67.2. The first-order valence-corrected chi connectivity index (χ1v) is 40.7. The third-order valence-corrected chi connectivity index (χ3v) is 27.2. The van der Waals surface area contributed by atoms with Gasteiger partial charge < -0.3 is 9.11 Å². The molecular weight excluding hydrogens is 1540 g/mol. The van der Waals surface area contributed by atoms with E-state index in [9.17, 15) is 25.9 Å². The second kappa shape index (κ2) is 45.9. The van der Waals surface area contributed by atoms with Crippen LogP contribution in [0.15, 0.2) is 394 Å².